The first-order valence-electron chi connectivity index (χ1n) is 9.68. The smallest absolute Gasteiger partial charge is 0.156 e. The van der Waals surface area contributed by atoms with Crippen LogP contribution in [-0.2, 0) is 6.54 Å². The number of nitrogens with one attached hydrogen (secondary N) is 1. The maximum atomic E-state index is 6.48. The SMILES string of the molecule is CCOc1ccccc1-c1nc2c(Cl)cc(Cl)cn2c1CN1CCCNCC1. The van der Waals surface area contributed by atoms with Crippen LogP contribution in [0, 0.1) is 0 Å². The number of para-hydroxylation sites is 1. The third kappa shape index (κ3) is 3.98. The van der Waals surface area contributed by atoms with Crippen LogP contribution in [-0.4, -0.2) is 47.1 Å². The van der Waals surface area contributed by atoms with E-state index in [1.54, 1.807) is 6.07 Å². The molecule has 3 aromatic rings. The predicted molar refractivity (Wildman–Crippen MR) is 115 cm³/mol. The first kappa shape index (κ1) is 19.5. The Kier molecular flexibility index (Phi) is 6.07. The first-order chi connectivity index (χ1) is 13.7. The molecule has 3 heterocycles. The largest absolute Gasteiger partial charge is 0.493 e. The molecule has 0 bridgehead atoms. The van der Waals surface area contributed by atoms with Gasteiger partial charge in [0.2, 0.25) is 0 Å². The molecule has 7 heteroatoms. The van der Waals surface area contributed by atoms with E-state index in [9.17, 15) is 0 Å². The molecule has 1 saturated heterocycles. The van der Waals surface area contributed by atoms with Gasteiger partial charge in [0.1, 0.15) is 5.75 Å². The van der Waals surface area contributed by atoms with Crippen molar-refractivity contribution in [3.63, 3.8) is 0 Å². The third-order valence-electron chi connectivity index (χ3n) is 4.99. The number of hydrogen-bond acceptors (Lipinski definition) is 4. The molecule has 0 atom stereocenters. The van der Waals surface area contributed by atoms with E-state index in [2.05, 4.69) is 16.3 Å². The molecule has 2 aromatic heterocycles. The van der Waals surface area contributed by atoms with Gasteiger partial charge >= 0.3 is 0 Å². The number of halogens is 2. The van der Waals surface area contributed by atoms with Crippen molar-refractivity contribution in [3.8, 4) is 17.0 Å². The minimum atomic E-state index is 0.548. The minimum Gasteiger partial charge on any atom is -0.493 e. The molecule has 148 valence electrons. The van der Waals surface area contributed by atoms with Crippen LogP contribution in [0.3, 0.4) is 0 Å². The van der Waals surface area contributed by atoms with E-state index in [0.29, 0.717) is 16.7 Å². The third-order valence-corrected chi connectivity index (χ3v) is 5.47. The summed E-state index contributed by atoms with van der Waals surface area (Å²) in [5.41, 5.74) is 3.66. The molecular formula is C21H24Cl2N4O. The summed E-state index contributed by atoms with van der Waals surface area (Å²) in [6.07, 6.45) is 3.02. The first-order valence-corrected chi connectivity index (χ1v) is 10.4. The van der Waals surface area contributed by atoms with Gasteiger partial charge in [-0.2, -0.15) is 0 Å². The molecule has 4 rings (SSSR count). The van der Waals surface area contributed by atoms with Gasteiger partial charge in [-0.1, -0.05) is 35.3 Å². The molecule has 1 aliphatic rings. The lowest BCUT2D eigenvalue weighted by atomic mass is 10.1. The topological polar surface area (TPSA) is 41.8 Å². The molecule has 1 fully saturated rings. The molecule has 5 nitrogen and oxygen atoms in total. The molecule has 0 radical (unpaired) electrons. The van der Waals surface area contributed by atoms with Gasteiger partial charge in [0.25, 0.3) is 0 Å². The summed E-state index contributed by atoms with van der Waals surface area (Å²) in [7, 11) is 0. The Morgan fingerprint density at radius 1 is 1.18 bits per heavy atom. The van der Waals surface area contributed by atoms with Crippen LogP contribution in [0.2, 0.25) is 10.0 Å². The van der Waals surface area contributed by atoms with E-state index < -0.39 is 0 Å². The Labute approximate surface area is 175 Å². The van der Waals surface area contributed by atoms with Crippen LogP contribution in [0.15, 0.2) is 36.5 Å². The lowest BCUT2D eigenvalue weighted by molar-refractivity contribution is 0.280. The van der Waals surface area contributed by atoms with Crippen LogP contribution in [0.5, 0.6) is 5.75 Å². The highest BCUT2D eigenvalue weighted by molar-refractivity contribution is 6.36. The van der Waals surface area contributed by atoms with E-state index >= 15 is 0 Å². The van der Waals surface area contributed by atoms with Gasteiger partial charge in [0.05, 0.1) is 28.0 Å². The van der Waals surface area contributed by atoms with Crippen LogP contribution < -0.4 is 10.1 Å². The summed E-state index contributed by atoms with van der Waals surface area (Å²) >= 11 is 12.8. The fourth-order valence-electron chi connectivity index (χ4n) is 3.70. The molecule has 0 spiro atoms. The number of fused-ring (bicyclic) bond motifs is 1. The molecule has 0 unspecified atom stereocenters. The Hall–Kier alpha value is -1.79. The van der Waals surface area contributed by atoms with Crippen molar-refractivity contribution >= 4 is 28.8 Å². The maximum absolute atomic E-state index is 6.48. The number of imidazole rings is 1. The van der Waals surface area contributed by atoms with Crippen LogP contribution >= 0.6 is 23.2 Å². The number of rotatable bonds is 5. The monoisotopic (exact) mass is 418 g/mol. The van der Waals surface area contributed by atoms with Crippen molar-refractivity contribution in [1.29, 1.82) is 0 Å². The second-order valence-electron chi connectivity index (χ2n) is 6.92. The zero-order chi connectivity index (χ0) is 19.5. The van der Waals surface area contributed by atoms with E-state index in [4.69, 9.17) is 32.9 Å². The van der Waals surface area contributed by atoms with E-state index in [1.165, 1.54) is 0 Å². The zero-order valence-electron chi connectivity index (χ0n) is 15.9. The molecule has 0 amide bonds. The van der Waals surface area contributed by atoms with Gasteiger partial charge in [0.15, 0.2) is 5.65 Å². The van der Waals surface area contributed by atoms with Gasteiger partial charge < -0.3 is 10.1 Å². The van der Waals surface area contributed by atoms with Crippen molar-refractivity contribution in [3.05, 3.63) is 52.3 Å². The Bertz CT molecular complexity index is 964. The average molecular weight is 419 g/mol. The van der Waals surface area contributed by atoms with Crippen molar-refractivity contribution in [2.24, 2.45) is 0 Å². The summed E-state index contributed by atoms with van der Waals surface area (Å²) in [5.74, 6) is 0.828. The van der Waals surface area contributed by atoms with Crippen molar-refractivity contribution in [2.75, 3.05) is 32.8 Å². The molecule has 0 aliphatic carbocycles. The quantitative estimate of drug-likeness (QED) is 0.661. The van der Waals surface area contributed by atoms with Crippen molar-refractivity contribution in [1.82, 2.24) is 19.6 Å². The molecule has 1 aliphatic heterocycles. The van der Waals surface area contributed by atoms with Crippen LogP contribution in [0.4, 0.5) is 0 Å². The van der Waals surface area contributed by atoms with Crippen molar-refractivity contribution < 1.29 is 4.74 Å². The van der Waals surface area contributed by atoms with E-state index in [1.807, 2.05) is 35.7 Å². The average Bonchev–Trinajstić information content (AvgIpc) is 2.86. The molecular weight excluding hydrogens is 395 g/mol. The highest BCUT2D eigenvalue weighted by atomic mass is 35.5. The lowest BCUT2D eigenvalue weighted by Gasteiger charge is -2.20. The molecule has 28 heavy (non-hydrogen) atoms. The van der Waals surface area contributed by atoms with Crippen LogP contribution in [0.25, 0.3) is 16.9 Å². The summed E-state index contributed by atoms with van der Waals surface area (Å²) in [6, 6.07) is 9.76. The standard InChI is InChI=1S/C21H24Cl2N4O/c1-2-28-19-7-4-3-6-16(19)20-18(14-26-10-5-8-24-9-11-26)27-13-15(22)12-17(23)21(27)25-20/h3-4,6-7,12-13,24H,2,5,8-11,14H2,1H3. The second kappa shape index (κ2) is 8.70. The summed E-state index contributed by atoms with van der Waals surface area (Å²) in [6.45, 7) is 7.45. The summed E-state index contributed by atoms with van der Waals surface area (Å²) in [4.78, 5) is 7.35. The number of ether oxygens (including phenoxy) is 1. The lowest BCUT2D eigenvalue weighted by Crippen LogP contribution is -2.28. The molecule has 1 aromatic carbocycles. The van der Waals surface area contributed by atoms with E-state index in [-0.39, 0.29) is 0 Å². The van der Waals surface area contributed by atoms with Gasteiger partial charge in [-0.3, -0.25) is 9.30 Å². The Morgan fingerprint density at radius 2 is 2.04 bits per heavy atom. The highest BCUT2D eigenvalue weighted by Crippen LogP contribution is 2.35. The van der Waals surface area contributed by atoms with E-state index in [0.717, 1.165) is 67.5 Å². The zero-order valence-corrected chi connectivity index (χ0v) is 17.4. The molecule has 1 N–H and O–H groups in total. The highest BCUT2D eigenvalue weighted by Gasteiger charge is 2.21. The Morgan fingerprint density at radius 3 is 2.89 bits per heavy atom. The summed E-state index contributed by atoms with van der Waals surface area (Å²) < 4.78 is 7.90. The van der Waals surface area contributed by atoms with Gasteiger partial charge in [-0.05, 0) is 44.6 Å². The summed E-state index contributed by atoms with van der Waals surface area (Å²) in [5, 5.41) is 4.60. The fraction of sp³-hybridized carbons (Fsp3) is 0.381. The number of hydrogen-bond donors (Lipinski definition) is 1. The normalized spacial score (nSPS) is 15.7. The van der Waals surface area contributed by atoms with Gasteiger partial charge in [0, 0.05) is 31.4 Å². The molecule has 0 saturated carbocycles. The Balaban J connectivity index is 1.86. The number of nitrogens with zero attached hydrogens (tertiary/aromatic N) is 3. The number of pyridine rings is 1. The van der Waals surface area contributed by atoms with Gasteiger partial charge in [-0.25, -0.2) is 4.98 Å². The predicted octanol–water partition coefficient (Wildman–Crippen LogP) is 4.50. The van der Waals surface area contributed by atoms with Gasteiger partial charge in [-0.15, -0.1) is 0 Å². The fourth-order valence-corrected chi connectivity index (χ4v) is 4.22. The second-order valence-corrected chi connectivity index (χ2v) is 7.76. The number of aromatic nitrogens is 2. The maximum Gasteiger partial charge on any atom is 0.156 e. The minimum absolute atomic E-state index is 0.548. The number of benzene rings is 1. The van der Waals surface area contributed by atoms with Crippen molar-refractivity contribution in [2.45, 2.75) is 19.9 Å². The van der Waals surface area contributed by atoms with Crippen LogP contribution in [0.1, 0.15) is 19.0 Å².